The molecule has 2 heterocycles. The van der Waals surface area contributed by atoms with E-state index in [4.69, 9.17) is 4.42 Å². The minimum atomic E-state index is 0.795. The second kappa shape index (κ2) is 4.44. The number of nitrogens with one attached hydrogen (secondary N) is 1. The van der Waals surface area contributed by atoms with Crippen LogP contribution in [-0.4, -0.2) is 0 Å². The molecule has 0 bridgehead atoms. The summed E-state index contributed by atoms with van der Waals surface area (Å²) in [5, 5.41) is 7.57. The smallest absolute Gasteiger partial charge is 0.117 e. The highest BCUT2D eigenvalue weighted by Gasteiger charge is 1.97. The molecule has 14 heavy (non-hydrogen) atoms. The van der Waals surface area contributed by atoms with E-state index in [-0.39, 0.29) is 0 Å². The number of rotatable bonds is 4. The molecule has 74 valence electrons. The first kappa shape index (κ1) is 9.49. The lowest BCUT2D eigenvalue weighted by Crippen LogP contribution is -2.11. The molecule has 0 aliphatic carbocycles. The van der Waals surface area contributed by atoms with Crippen molar-refractivity contribution in [1.82, 2.24) is 5.32 Å². The third kappa shape index (κ3) is 2.47. The molecule has 0 spiro atoms. The van der Waals surface area contributed by atoms with Crippen LogP contribution in [0.4, 0.5) is 0 Å². The third-order valence-corrected chi connectivity index (χ3v) is 2.74. The van der Waals surface area contributed by atoms with Gasteiger partial charge in [0, 0.05) is 6.54 Å². The lowest BCUT2D eigenvalue weighted by atomic mass is 10.3. The molecule has 0 unspecified atom stereocenters. The molecule has 0 saturated heterocycles. The molecule has 0 fully saturated rings. The van der Waals surface area contributed by atoms with Gasteiger partial charge in [-0.1, -0.05) is 0 Å². The average molecular weight is 207 g/mol. The zero-order chi connectivity index (χ0) is 9.80. The molecular formula is C11H13NOS. The van der Waals surface area contributed by atoms with Crippen LogP contribution in [0.15, 0.2) is 33.4 Å². The Morgan fingerprint density at radius 3 is 2.86 bits per heavy atom. The number of aryl methyl sites for hydroxylation is 1. The number of hydrogen-bond acceptors (Lipinski definition) is 3. The topological polar surface area (TPSA) is 25.2 Å². The third-order valence-electron chi connectivity index (χ3n) is 2.00. The van der Waals surface area contributed by atoms with E-state index in [1.165, 1.54) is 5.56 Å². The Bertz CT molecular complexity index is 378. The van der Waals surface area contributed by atoms with Gasteiger partial charge in [0.15, 0.2) is 0 Å². The normalized spacial score (nSPS) is 10.6. The second-order valence-corrected chi connectivity index (χ2v) is 4.03. The molecule has 2 nitrogen and oxygen atoms in total. The van der Waals surface area contributed by atoms with Crippen molar-refractivity contribution in [2.24, 2.45) is 0 Å². The molecule has 0 atom stereocenters. The van der Waals surface area contributed by atoms with E-state index in [0.29, 0.717) is 0 Å². The van der Waals surface area contributed by atoms with E-state index >= 15 is 0 Å². The van der Waals surface area contributed by atoms with Crippen LogP contribution in [0.3, 0.4) is 0 Å². The number of furan rings is 1. The molecule has 0 aromatic carbocycles. The van der Waals surface area contributed by atoms with Crippen LogP contribution in [-0.2, 0) is 13.1 Å². The summed E-state index contributed by atoms with van der Waals surface area (Å²) in [7, 11) is 0. The maximum Gasteiger partial charge on any atom is 0.117 e. The van der Waals surface area contributed by atoms with Crippen molar-refractivity contribution in [1.29, 1.82) is 0 Å². The summed E-state index contributed by atoms with van der Waals surface area (Å²) < 4.78 is 5.44. The summed E-state index contributed by atoms with van der Waals surface area (Å²) in [6.45, 7) is 3.66. The minimum absolute atomic E-state index is 0.795. The molecule has 2 rings (SSSR count). The molecular weight excluding hydrogens is 194 g/mol. The van der Waals surface area contributed by atoms with E-state index < -0.39 is 0 Å². The zero-order valence-electron chi connectivity index (χ0n) is 8.12. The summed E-state index contributed by atoms with van der Waals surface area (Å²) in [6, 6.07) is 6.13. The van der Waals surface area contributed by atoms with Gasteiger partial charge in [0.1, 0.15) is 11.5 Å². The minimum Gasteiger partial charge on any atom is -0.465 e. The molecule has 0 aliphatic heterocycles. The first-order valence-electron chi connectivity index (χ1n) is 4.62. The fourth-order valence-electron chi connectivity index (χ4n) is 1.30. The predicted octanol–water partition coefficient (Wildman–Crippen LogP) is 2.94. The molecule has 0 radical (unpaired) electrons. The van der Waals surface area contributed by atoms with E-state index in [1.807, 2.05) is 19.1 Å². The SMILES string of the molecule is Cc1ccc(CNCc2ccsc2)o1. The molecule has 3 heteroatoms. The van der Waals surface area contributed by atoms with Crippen LogP contribution in [0.5, 0.6) is 0 Å². The zero-order valence-corrected chi connectivity index (χ0v) is 8.93. The van der Waals surface area contributed by atoms with Crippen LogP contribution in [0.2, 0.25) is 0 Å². The Morgan fingerprint density at radius 1 is 1.29 bits per heavy atom. The van der Waals surface area contributed by atoms with E-state index in [0.717, 1.165) is 24.6 Å². The Hall–Kier alpha value is -1.06. The predicted molar refractivity (Wildman–Crippen MR) is 58.3 cm³/mol. The number of hydrogen-bond donors (Lipinski definition) is 1. The van der Waals surface area contributed by atoms with Crippen molar-refractivity contribution in [3.05, 3.63) is 46.0 Å². The summed E-state index contributed by atoms with van der Waals surface area (Å²) in [4.78, 5) is 0. The average Bonchev–Trinajstić information content (AvgIpc) is 2.77. The van der Waals surface area contributed by atoms with Gasteiger partial charge in [-0.05, 0) is 41.4 Å². The van der Waals surface area contributed by atoms with Crippen LogP contribution in [0.1, 0.15) is 17.1 Å². The van der Waals surface area contributed by atoms with Crippen LogP contribution in [0, 0.1) is 6.92 Å². The van der Waals surface area contributed by atoms with Gasteiger partial charge in [0.25, 0.3) is 0 Å². The molecule has 0 saturated carbocycles. The summed E-state index contributed by atoms with van der Waals surface area (Å²) in [6.07, 6.45) is 0. The molecule has 2 aromatic heterocycles. The van der Waals surface area contributed by atoms with E-state index in [1.54, 1.807) is 11.3 Å². The van der Waals surface area contributed by atoms with Crippen LogP contribution in [0.25, 0.3) is 0 Å². The van der Waals surface area contributed by atoms with Gasteiger partial charge in [0.2, 0.25) is 0 Å². The Kier molecular flexibility index (Phi) is 3.01. The summed E-state index contributed by atoms with van der Waals surface area (Å²) in [5.74, 6) is 1.97. The first-order valence-corrected chi connectivity index (χ1v) is 5.56. The standard InChI is InChI=1S/C11H13NOS/c1-9-2-3-11(13-9)7-12-6-10-4-5-14-8-10/h2-5,8,12H,6-7H2,1H3. The monoisotopic (exact) mass is 207 g/mol. The maximum absolute atomic E-state index is 5.44. The van der Waals surface area contributed by atoms with Gasteiger partial charge in [-0.3, -0.25) is 0 Å². The fraction of sp³-hybridized carbons (Fsp3) is 0.273. The van der Waals surface area contributed by atoms with Crippen LogP contribution < -0.4 is 5.32 Å². The van der Waals surface area contributed by atoms with Crippen LogP contribution >= 0.6 is 11.3 Å². The van der Waals surface area contributed by atoms with E-state index in [2.05, 4.69) is 22.1 Å². The Labute approximate surface area is 87.6 Å². The van der Waals surface area contributed by atoms with Crippen molar-refractivity contribution in [3.8, 4) is 0 Å². The lowest BCUT2D eigenvalue weighted by Gasteiger charge is -1.99. The van der Waals surface area contributed by atoms with Crippen molar-refractivity contribution >= 4 is 11.3 Å². The first-order chi connectivity index (χ1) is 6.84. The highest BCUT2D eigenvalue weighted by Crippen LogP contribution is 2.07. The van der Waals surface area contributed by atoms with Gasteiger partial charge in [-0.15, -0.1) is 0 Å². The lowest BCUT2D eigenvalue weighted by molar-refractivity contribution is 0.462. The van der Waals surface area contributed by atoms with Crippen molar-refractivity contribution in [3.63, 3.8) is 0 Å². The van der Waals surface area contributed by atoms with Gasteiger partial charge < -0.3 is 9.73 Å². The summed E-state index contributed by atoms with van der Waals surface area (Å²) >= 11 is 1.73. The number of thiophene rings is 1. The molecule has 2 aromatic rings. The molecule has 0 amide bonds. The summed E-state index contributed by atoms with van der Waals surface area (Å²) in [5.41, 5.74) is 1.33. The second-order valence-electron chi connectivity index (χ2n) is 3.25. The molecule has 0 aliphatic rings. The Morgan fingerprint density at radius 2 is 2.21 bits per heavy atom. The van der Waals surface area contributed by atoms with Gasteiger partial charge in [-0.25, -0.2) is 0 Å². The maximum atomic E-state index is 5.44. The molecule has 1 N–H and O–H groups in total. The largest absolute Gasteiger partial charge is 0.465 e. The van der Waals surface area contributed by atoms with Crippen molar-refractivity contribution < 1.29 is 4.42 Å². The highest BCUT2D eigenvalue weighted by atomic mass is 32.1. The van der Waals surface area contributed by atoms with Crippen molar-refractivity contribution in [2.45, 2.75) is 20.0 Å². The van der Waals surface area contributed by atoms with Gasteiger partial charge in [0.05, 0.1) is 6.54 Å². The highest BCUT2D eigenvalue weighted by molar-refractivity contribution is 7.07. The quantitative estimate of drug-likeness (QED) is 0.834. The van der Waals surface area contributed by atoms with Crippen molar-refractivity contribution in [2.75, 3.05) is 0 Å². The van der Waals surface area contributed by atoms with Gasteiger partial charge >= 0.3 is 0 Å². The Balaban J connectivity index is 1.78. The van der Waals surface area contributed by atoms with Gasteiger partial charge in [-0.2, -0.15) is 11.3 Å². The fourth-order valence-corrected chi connectivity index (χ4v) is 1.97. The van der Waals surface area contributed by atoms with E-state index in [9.17, 15) is 0 Å².